The van der Waals surface area contributed by atoms with Crippen molar-refractivity contribution in [2.75, 3.05) is 4.72 Å². The number of oxazole rings is 1. The Kier molecular flexibility index (Phi) is 3.94. The van der Waals surface area contributed by atoms with Crippen LogP contribution < -0.4 is 4.72 Å². The van der Waals surface area contributed by atoms with Crippen LogP contribution in [0, 0.1) is 6.92 Å². The van der Waals surface area contributed by atoms with Gasteiger partial charge in [-0.3, -0.25) is 4.72 Å². The first-order valence-electron chi connectivity index (χ1n) is 6.26. The van der Waals surface area contributed by atoms with Crippen LogP contribution in [-0.2, 0) is 10.0 Å². The minimum absolute atomic E-state index is 0.177. The Balaban J connectivity index is 1.90. The number of benzene rings is 1. The van der Waals surface area contributed by atoms with Gasteiger partial charge in [0, 0.05) is 6.92 Å². The molecule has 0 saturated heterocycles. The summed E-state index contributed by atoms with van der Waals surface area (Å²) in [7, 11) is -3.69. The molecular weight excluding hydrogens is 344 g/mol. The fraction of sp³-hybridized carbons (Fsp3) is 0.0714. The van der Waals surface area contributed by atoms with Gasteiger partial charge in [-0.1, -0.05) is 23.7 Å². The average Bonchev–Trinajstić information content (AvgIpc) is 3.10. The van der Waals surface area contributed by atoms with Crippen LogP contribution in [-0.4, -0.2) is 13.4 Å². The van der Waals surface area contributed by atoms with Gasteiger partial charge in [-0.25, -0.2) is 13.4 Å². The highest BCUT2D eigenvalue weighted by Crippen LogP contribution is 2.32. The molecule has 0 aliphatic heterocycles. The van der Waals surface area contributed by atoms with Crippen molar-refractivity contribution in [1.82, 2.24) is 4.98 Å². The van der Waals surface area contributed by atoms with Gasteiger partial charge in [0.15, 0.2) is 11.7 Å². The van der Waals surface area contributed by atoms with E-state index in [0.29, 0.717) is 27.2 Å². The number of rotatable bonds is 4. The molecule has 3 aromatic rings. The highest BCUT2D eigenvalue weighted by Gasteiger charge is 2.19. The molecule has 3 rings (SSSR count). The number of aromatic nitrogens is 1. The summed E-state index contributed by atoms with van der Waals surface area (Å²) in [5.74, 6) is 1.07. The lowest BCUT2D eigenvalue weighted by Gasteiger charge is -2.07. The number of nitrogens with zero attached hydrogens (tertiary/aromatic N) is 1. The van der Waals surface area contributed by atoms with Crippen molar-refractivity contribution in [2.24, 2.45) is 0 Å². The van der Waals surface area contributed by atoms with E-state index in [1.165, 1.54) is 6.07 Å². The van der Waals surface area contributed by atoms with Crippen molar-refractivity contribution in [1.29, 1.82) is 0 Å². The molecule has 0 unspecified atom stereocenters. The van der Waals surface area contributed by atoms with Crippen molar-refractivity contribution in [3.05, 3.63) is 53.5 Å². The van der Waals surface area contributed by atoms with E-state index < -0.39 is 10.0 Å². The van der Waals surface area contributed by atoms with Crippen LogP contribution in [0.25, 0.3) is 10.6 Å². The second-order valence-corrected chi connectivity index (χ2v) is 7.85. The van der Waals surface area contributed by atoms with E-state index in [0.717, 1.165) is 11.3 Å². The number of para-hydroxylation sites is 1. The Labute approximate surface area is 136 Å². The van der Waals surface area contributed by atoms with Crippen LogP contribution in [0.1, 0.15) is 5.89 Å². The topological polar surface area (TPSA) is 72.2 Å². The lowest BCUT2D eigenvalue weighted by atomic mass is 10.3. The number of thiophene rings is 1. The van der Waals surface area contributed by atoms with E-state index in [-0.39, 0.29) is 4.21 Å². The summed E-state index contributed by atoms with van der Waals surface area (Å²) in [6, 6.07) is 9.88. The molecule has 1 aromatic carbocycles. The Morgan fingerprint density at radius 3 is 2.68 bits per heavy atom. The van der Waals surface area contributed by atoms with Crippen LogP contribution in [0.2, 0.25) is 5.02 Å². The zero-order chi connectivity index (χ0) is 15.7. The van der Waals surface area contributed by atoms with Crippen LogP contribution in [0.5, 0.6) is 0 Å². The summed E-state index contributed by atoms with van der Waals surface area (Å²) >= 11 is 7.08. The van der Waals surface area contributed by atoms with Gasteiger partial charge in [-0.05, 0) is 24.3 Å². The first kappa shape index (κ1) is 15.1. The monoisotopic (exact) mass is 354 g/mol. The molecule has 0 fully saturated rings. The third kappa shape index (κ3) is 3.01. The minimum atomic E-state index is -3.69. The molecule has 5 nitrogen and oxygen atoms in total. The Morgan fingerprint density at radius 1 is 1.23 bits per heavy atom. The Morgan fingerprint density at radius 2 is 2.00 bits per heavy atom. The van der Waals surface area contributed by atoms with Crippen LogP contribution in [0.15, 0.2) is 51.2 Å². The van der Waals surface area contributed by atoms with Crippen molar-refractivity contribution in [2.45, 2.75) is 11.1 Å². The minimum Gasteiger partial charge on any atom is -0.440 e. The maximum atomic E-state index is 12.4. The molecule has 0 aliphatic rings. The molecule has 0 saturated carbocycles. The van der Waals surface area contributed by atoms with Gasteiger partial charge < -0.3 is 4.42 Å². The molecular formula is C14H11ClN2O3S2. The molecule has 0 radical (unpaired) electrons. The van der Waals surface area contributed by atoms with Crippen LogP contribution in [0.4, 0.5) is 5.69 Å². The van der Waals surface area contributed by atoms with Crippen molar-refractivity contribution in [3.63, 3.8) is 0 Å². The van der Waals surface area contributed by atoms with E-state index >= 15 is 0 Å². The van der Waals surface area contributed by atoms with Gasteiger partial charge in [0.1, 0.15) is 4.21 Å². The molecule has 2 heterocycles. The molecule has 114 valence electrons. The van der Waals surface area contributed by atoms with Gasteiger partial charge in [-0.2, -0.15) is 0 Å². The van der Waals surface area contributed by atoms with E-state index in [2.05, 4.69) is 9.71 Å². The first-order valence-corrected chi connectivity index (χ1v) is 8.93. The van der Waals surface area contributed by atoms with Gasteiger partial charge >= 0.3 is 0 Å². The fourth-order valence-electron chi connectivity index (χ4n) is 1.81. The zero-order valence-electron chi connectivity index (χ0n) is 11.4. The number of anilines is 1. The molecule has 0 aliphatic carbocycles. The summed E-state index contributed by atoms with van der Waals surface area (Å²) in [4.78, 5) is 4.70. The molecule has 0 atom stereocenters. The summed E-state index contributed by atoms with van der Waals surface area (Å²) < 4.78 is 32.8. The van der Waals surface area contributed by atoms with Crippen LogP contribution >= 0.6 is 22.9 Å². The van der Waals surface area contributed by atoms with Gasteiger partial charge in [0.25, 0.3) is 10.0 Å². The third-order valence-corrected chi connectivity index (χ3v) is 6.12. The van der Waals surface area contributed by atoms with Crippen LogP contribution in [0.3, 0.4) is 0 Å². The van der Waals surface area contributed by atoms with E-state index in [4.69, 9.17) is 16.0 Å². The first-order chi connectivity index (χ1) is 10.5. The number of aryl methyl sites for hydroxylation is 1. The third-order valence-electron chi connectivity index (χ3n) is 2.83. The maximum absolute atomic E-state index is 12.4. The zero-order valence-corrected chi connectivity index (χ0v) is 13.8. The average molecular weight is 355 g/mol. The standard InChI is InChI=1S/C14H11ClN2O3S2/c1-9-16-8-12(20-9)13-6-7-14(21-13)22(18,19)17-11-5-3-2-4-10(11)15/h2-8,17H,1H3. The van der Waals surface area contributed by atoms with E-state index in [1.807, 2.05) is 0 Å². The van der Waals surface area contributed by atoms with E-state index in [1.54, 1.807) is 43.5 Å². The summed E-state index contributed by atoms with van der Waals surface area (Å²) in [5, 5.41) is 0.341. The Bertz CT molecular complexity index is 916. The van der Waals surface area contributed by atoms with Gasteiger partial charge in [-0.15, -0.1) is 11.3 Å². The second-order valence-electron chi connectivity index (χ2n) is 4.45. The molecule has 0 spiro atoms. The number of halogens is 1. The number of hydrogen-bond acceptors (Lipinski definition) is 5. The quantitative estimate of drug-likeness (QED) is 0.763. The number of sulfonamides is 1. The fourth-order valence-corrected chi connectivity index (χ4v) is 4.38. The molecule has 2 aromatic heterocycles. The molecule has 1 N–H and O–H groups in total. The number of nitrogens with one attached hydrogen (secondary N) is 1. The highest BCUT2D eigenvalue weighted by atomic mass is 35.5. The summed E-state index contributed by atoms with van der Waals surface area (Å²) in [5.41, 5.74) is 0.342. The smallest absolute Gasteiger partial charge is 0.271 e. The lowest BCUT2D eigenvalue weighted by Crippen LogP contribution is -2.11. The van der Waals surface area contributed by atoms with Crippen molar-refractivity contribution < 1.29 is 12.8 Å². The SMILES string of the molecule is Cc1ncc(-c2ccc(S(=O)(=O)Nc3ccccc3Cl)s2)o1. The predicted molar refractivity (Wildman–Crippen MR) is 86.8 cm³/mol. The highest BCUT2D eigenvalue weighted by molar-refractivity contribution is 7.94. The summed E-state index contributed by atoms with van der Waals surface area (Å²) in [6.07, 6.45) is 1.57. The molecule has 22 heavy (non-hydrogen) atoms. The normalized spacial score (nSPS) is 11.5. The van der Waals surface area contributed by atoms with Gasteiger partial charge in [0.05, 0.1) is 21.8 Å². The molecule has 0 amide bonds. The Hall–Kier alpha value is -1.83. The van der Waals surface area contributed by atoms with Crippen molar-refractivity contribution >= 4 is 38.6 Å². The summed E-state index contributed by atoms with van der Waals surface area (Å²) in [6.45, 7) is 1.73. The van der Waals surface area contributed by atoms with Gasteiger partial charge in [0.2, 0.25) is 0 Å². The second kappa shape index (κ2) is 5.75. The molecule has 0 bridgehead atoms. The van der Waals surface area contributed by atoms with E-state index in [9.17, 15) is 8.42 Å². The largest absolute Gasteiger partial charge is 0.440 e. The number of hydrogen-bond donors (Lipinski definition) is 1. The molecule has 8 heteroatoms. The van der Waals surface area contributed by atoms with Crippen molar-refractivity contribution in [3.8, 4) is 10.6 Å². The lowest BCUT2D eigenvalue weighted by molar-refractivity contribution is 0.535. The maximum Gasteiger partial charge on any atom is 0.271 e. The predicted octanol–water partition coefficient (Wildman–Crippen LogP) is 4.17.